The standard InChI is InChI=1S/C9H16N4/c10-9-6-11-13(7-9)8-12-4-2-1-3-5-12/h6-7H,1-5,8,10H2. The van der Waals surface area contributed by atoms with Crippen molar-refractivity contribution < 1.29 is 0 Å². The number of rotatable bonds is 2. The minimum Gasteiger partial charge on any atom is -0.396 e. The maximum atomic E-state index is 5.58. The van der Waals surface area contributed by atoms with E-state index in [0.29, 0.717) is 0 Å². The van der Waals surface area contributed by atoms with Gasteiger partial charge in [-0.15, -0.1) is 0 Å². The van der Waals surface area contributed by atoms with Crippen LogP contribution in [-0.2, 0) is 6.67 Å². The van der Waals surface area contributed by atoms with Crippen LogP contribution in [0.5, 0.6) is 0 Å². The van der Waals surface area contributed by atoms with E-state index < -0.39 is 0 Å². The van der Waals surface area contributed by atoms with Crippen LogP contribution in [0.4, 0.5) is 5.69 Å². The maximum Gasteiger partial charge on any atom is 0.0929 e. The van der Waals surface area contributed by atoms with Gasteiger partial charge in [0.15, 0.2) is 0 Å². The van der Waals surface area contributed by atoms with Crippen LogP contribution >= 0.6 is 0 Å². The highest BCUT2D eigenvalue weighted by Gasteiger charge is 2.10. The Labute approximate surface area is 78.3 Å². The van der Waals surface area contributed by atoms with Crippen LogP contribution < -0.4 is 5.73 Å². The van der Waals surface area contributed by atoms with E-state index in [1.165, 1.54) is 32.4 Å². The van der Waals surface area contributed by atoms with Gasteiger partial charge in [0.2, 0.25) is 0 Å². The molecule has 2 rings (SSSR count). The molecule has 4 heteroatoms. The Bertz CT molecular complexity index is 262. The van der Waals surface area contributed by atoms with Crippen molar-refractivity contribution in [2.24, 2.45) is 0 Å². The number of nitrogens with two attached hydrogens (primary N) is 1. The third-order valence-corrected chi connectivity index (χ3v) is 2.45. The van der Waals surface area contributed by atoms with E-state index in [-0.39, 0.29) is 0 Å². The lowest BCUT2D eigenvalue weighted by Gasteiger charge is -2.25. The van der Waals surface area contributed by atoms with E-state index in [0.717, 1.165) is 12.4 Å². The van der Waals surface area contributed by atoms with Gasteiger partial charge in [-0.2, -0.15) is 5.10 Å². The van der Waals surface area contributed by atoms with Gasteiger partial charge in [-0.1, -0.05) is 6.42 Å². The zero-order valence-electron chi connectivity index (χ0n) is 7.82. The third-order valence-electron chi connectivity index (χ3n) is 2.45. The first-order valence-electron chi connectivity index (χ1n) is 4.85. The number of piperidine rings is 1. The molecule has 0 bridgehead atoms. The van der Waals surface area contributed by atoms with Crippen molar-refractivity contribution >= 4 is 5.69 Å². The number of nitrogen functional groups attached to an aromatic ring is 1. The van der Waals surface area contributed by atoms with Gasteiger partial charge in [-0.05, 0) is 25.9 Å². The SMILES string of the molecule is Nc1cnn(CN2CCCCC2)c1. The summed E-state index contributed by atoms with van der Waals surface area (Å²) in [5.41, 5.74) is 6.33. The average molecular weight is 180 g/mol. The van der Waals surface area contributed by atoms with Crippen molar-refractivity contribution in [3.63, 3.8) is 0 Å². The minimum absolute atomic E-state index is 0.747. The second kappa shape index (κ2) is 3.79. The van der Waals surface area contributed by atoms with E-state index in [4.69, 9.17) is 5.73 Å². The van der Waals surface area contributed by atoms with Gasteiger partial charge in [0.25, 0.3) is 0 Å². The Morgan fingerprint density at radius 1 is 1.31 bits per heavy atom. The van der Waals surface area contributed by atoms with Crippen molar-refractivity contribution in [3.05, 3.63) is 12.4 Å². The first-order valence-corrected chi connectivity index (χ1v) is 4.85. The molecule has 1 aliphatic rings. The molecule has 2 heterocycles. The number of likely N-dealkylation sites (tertiary alicyclic amines) is 1. The molecule has 0 atom stereocenters. The van der Waals surface area contributed by atoms with Crippen LogP contribution in [0.3, 0.4) is 0 Å². The molecule has 1 aromatic rings. The maximum absolute atomic E-state index is 5.58. The Morgan fingerprint density at radius 3 is 2.69 bits per heavy atom. The minimum atomic E-state index is 0.747. The molecule has 0 aromatic carbocycles. The molecule has 0 amide bonds. The van der Waals surface area contributed by atoms with Crippen molar-refractivity contribution in [1.29, 1.82) is 0 Å². The number of hydrogen-bond acceptors (Lipinski definition) is 3. The Hall–Kier alpha value is -1.03. The Morgan fingerprint density at radius 2 is 2.08 bits per heavy atom. The summed E-state index contributed by atoms with van der Waals surface area (Å²) >= 11 is 0. The fourth-order valence-electron chi connectivity index (χ4n) is 1.76. The number of anilines is 1. The van der Waals surface area contributed by atoms with Crippen molar-refractivity contribution in [1.82, 2.24) is 14.7 Å². The Balaban J connectivity index is 1.89. The summed E-state index contributed by atoms with van der Waals surface area (Å²) in [6, 6.07) is 0. The zero-order valence-corrected chi connectivity index (χ0v) is 7.82. The van der Waals surface area contributed by atoms with Gasteiger partial charge in [-0.25, -0.2) is 0 Å². The van der Waals surface area contributed by atoms with Crippen LogP contribution in [0.25, 0.3) is 0 Å². The van der Waals surface area contributed by atoms with Crippen LogP contribution in [0.1, 0.15) is 19.3 Å². The molecular weight excluding hydrogens is 164 g/mol. The molecule has 1 fully saturated rings. The van der Waals surface area contributed by atoms with Crippen molar-refractivity contribution in [3.8, 4) is 0 Å². The molecule has 0 aliphatic carbocycles. The van der Waals surface area contributed by atoms with Crippen molar-refractivity contribution in [2.75, 3.05) is 18.8 Å². The Kier molecular flexibility index (Phi) is 2.49. The molecule has 2 N–H and O–H groups in total. The highest BCUT2D eigenvalue weighted by atomic mass is 15.4. The van der Waals surface area contributed by atoms with Crippen LogP contribution in [0.15, 0.2) is 12.4 Å². The van der Waals surface area contributed by atoms with E-state index in [9.17, 15) is 0 Å². The quantitative estimate of drug-likeness (QED) is 0.735. The predicted octanol–water partition coefficient (Wildman–Crippen LogP) is 0.909. The van der Waals surface area contributed by atoms with E-state index in [1.807, 2.05) is 10.9 Å². The van der Waals surface area contributed by atoms with Gasteiger partial charge in [0.05, 0.1) is 18.6 Å². The molecule has 1 aliphatic heterocycles. The molecule has 1 saturated heterocycles. The van der Waals surface area contributed by atoms with Crippen LogP contribution in [0, 0.1) is 0 Å². The lowest BCUT2D eigenvalue weighted by atomic mass is 10.1. The molecule has 0 radical (unpaired) electrons. The van der Waals surface area contributed by atoms with Gasteiger partial charge < -0.3 is 5.73 Å². The average Bonchev–Trinajstić information content (AvgIpc) is 2.53. The largest absolute Gasteiger partial charge is 0.396 e. The van der Waals surface area contributed by atoms with E-state index in [1.54, 1.807) is 6.20 Å². The summed E-state index contributed by atoms with van der Waals surface area (Å²) in [6.07, 6.45) is 7.59. The number of nitrogens with zero attached hydrogens (tertiary/aromatic N) is 3. The summed E-state index contributed by atoms with van der Waals surface area (Å²) in [7, 11) is 0. The molecule has 0 saturated carbocycles. The highest BCUT2D eigenvalue weighted by Crippen LogP contribution is 2.09. The molecular formula is C9H16N4. The number of aromatic nitrogens is 2. The predicted molar refractivity (Wildman–Crippen MR) is 52.1 cm³/mol. The lowest BCUT2D eigenvalue weighted by molar-refractivity contribution is 0.173. The highest BCUT2D eigenvalue weighted by molar-refractivity contribution is 5.30. The lowest BCUT2D eigenvalue weighted by Crippen LogP contribution is -2.31. The smallest absolute Gasteiger partial charge is 0.0929 e. The summed E-state index contributed by atoms with van der Waals surface area (Å²) in [4.78, 5) is 2.41. The molecule has 1 aromatic heterocycles. The number of hydrogen-bond donors (Lipinski definition) is 1. The van der Waals surface area contributed by atoms with E-state index in [2.05, 4.69) is 10.00 Å². The normalized spacial score (nSPS) is 19.1. The van der Waals surface area contributed by atoms with Gasteiger partial charge >= 0.3 is 0 Å². The van der Waals surface area contributed by atoms with E-state index >= 15 is 0 Å². The van der Waals surface area contributed by atoms with Crippen molar-refractivity contribution in [2.45, 2.75) is 25.9 Å². The molecule has 13 heavy (non-hydrogen) atoms. The van der Waals surface area contributed by atoms with Gasteiger partial charge in [-0.3, -0.25) is 9.58 Å². The first-order chi connectivity index (χ1) is 6.34. The summed E-state index contributed by atoms with van der Waals surface area (Å²) in [6.45, 7) is 3.27. The molecule has 4 nitrogen and oxygen atoms in total. The second-order valence-electron chi connectivity index (χ2n) is 3.63. The van der Waals surface area contributed by atoms with Gasteiger partial charge in [0.1, 0.15) is 0 Å². The summed E-state index contributed by atoms with van der Waals surface area (Å²) in [5, 5.41) is 4.16. The third kappa shape index (κ3) is 2.21. The second-order valence-corrected chi connectivity index (χ2v) is 3.63. The summed E-state index contributed by atoms with van der Waals surface area (Å²) < 4.78 is 1.90. The fourth-order valence-corrected chi connectivity index (χ4v) is 1.76. The van der Waals surface area contributed by atoms with Crippen LogP contribution in [-0.4, -0.2) is 27.8 Å². The molecule has 0 unspecified atom stereocenters. The zero-order chi connectivity index (χ0) is 9.10. The monoisotopic (exact) mass is 180 g/mol. The molecule has 0 spiro atoms. The first kappa shape index (κ1) is 8.56. The van der Waals surface area contributed by atoms with Gasteiger partial charge in [0, 0.05) is 6.20 Å². The molecule has 72 valence electrons. The fraction of sp³-hybridized carbons (Fsp3) is 0.667. The summed E-state index contributed by atoms with van der Waals surface area (Å²) in [5.74, 6) is 0. The van der Waals surface area contributed by atoms with Crippen LogP contribution in [0.2, 0.25) is 0 Å². The topological polar surface area (TPSA) is 47.1 Å².